The molecule has 1 aliphatic rings. The Morgan fingerprint density at radius 3 is 2.62 bits per heavy atom. The number of aliphatic hydroxyl groups is 1. The van der Waals surface area contributed by atoms with Crippen molar-refractivity contribution in [3.05, 3.63) is 0 Å². The summed E-state index contributed by atoms with van der Waals surface area (Å²) in [5.41, 5.74) is 0. The topological polar surface area (TPSA) is 23.5 Å². The van der Waals surface area contributed by atoms with Gasteiger partial charge >= 0.3 is 0 Å². The second-order valence-corrected chi connectivity index (χ2v) is 4.34. The molecule has 0 saturated heterocycles. The zero-order valence-electron chi connectivity index (χ0n) is 9.00. The van der Waals surface area contributed by atoms with Crippen molar-refractivity contribution < 1.29 is 5.11 Å². The molecule has 0 aromatic carbocycles. The van der Waals surface area contributed by atoms with Crippen molar-refractivity contribution in [1.29, 1.82) is 0 Å². The predicted molar refractivity (Wildman–Crippen MR) is 55.8 cm³/mol. The lowest BCUT2D eigenvalue weighted by Gasteiger charge is -2.24. The molecule has 1 unspecified atom stereocenters. The largest absolute Gasteiger partial charge is 0.395 e. The van der Waals surface area contributed by atoms with E-state index in [0.717, 1.165) is 18.5 Å². The summed E-state index contributed by atoms with van der Waals surface area (Å²) in [6, 6.07) is 0.798. The summed E-state index contributed by atoms with van der Waals surface area (Å²) in [5.74, 6) is 0.789. The monoisotopic (exact) mass is 185 g/mol. The molecule has 1 N–H and O–H groups in total. The third-order valence-electron chi connectivity index (χ3n) is 2.78. The SMILES string of the molecule is CCCC(C)CN(CCO)C1CC1. The third-order valence-corrected chi connectivity index (χ3v) is 2.78. The maximum atomic E-state index is 8.91. The van der Waals surface area contributed by atoms with E-state index >= 15 is 0 Å². The maximum Gasteiger partial charge on any atom is 0.0558 e. The number of aliphatic hydroxyl groups excluding tert-OH is 1. The van der Waals surface area contributed by atoms with E-state index in [0.29, 0.717) is 6.61 Å². The highest BCUT2D eigenvalue weighted by Gasteiger charge is 2.28. The van der Waals surface area contributed by atoms with E-state index in [-0.39, 0.29) is 0 Å². The highest BCUT2D eigenvalue weighted by Crippen LogP contribution is 2.27. The summed E-state index contributed by atoms with van der Waals surface area (Å²) in [5, 5.41) is 8.91. The fraction of sp³-hybridized carbons (Fsp3) is 1.00. The summed E-state index contributed by atoms with van der Waals surface area (Å²) in [6.45, 7) is 6.92. The van der Waals surface area contributed by atoms with E-state index in [1.807, 2.05) is 0 Å². The zero-order valence-corrected chi connectivity index (χ0v) is 9.00. The molecular formula is C11H23NO. The van der Waals surface area contributed by atoms with Gasteiger partial charge in [0.15, 0.2) is 0 Å². The lowest BCUT2D eigenvalue weighted by atomic mass is 10.1. The van der Waals surface area contributed by atoms with Crippen LogP contribution in [0.25, 0.3) is 0 Å². The molecular weight excluding hydrogens is 162 g/mol. The van der Waals surface area contributed by atoms with Crippen molar-refractivity contribution >= 4 is 0 Å². The van der Waals surface area contributed by atoms with E-state index in [1.165, 1.54) is 32.2 Å². The molecule has 1 fully saturated rings. The van der Waals surface area contributed by atoms with Crippen molar-refractivity contribution in [2.45, 2.75) is 45.6 Å². The maximum absolute atomic E-state index is 8.91. The van der Waals surface area contributed by atoms with Crippen LogP contribution in [-0.4, -0.2) is 35.7 Å². The summed E-state index contributed by atoms with van der Waals surface area (Å²) in [6.07, 6.45) is 5.28. The van der Waals surface area contributed by atoms with Crippen LogP contribution in [0.2, 0.25) is 0 Å². The van der Waals surface area contributed by atoms with Gasteiger partial charge in [0.05, 0.1) is 6.61 Å². The first kappa shape index (κ1) is 11.0. The molecule has 1 saturated carbocycles. The lowest BCUT2D eigenvalue weighted by Crippen LogP contribution is -2.33. The van der Waals surface area contributed by atoms with Crippen molar-refractivity contribution in [2.75, 3.05) is 19.7 Å². The van der Waals surface area contributed by atoms with Crippen LogP contribution in [0.3, 0.4) is 0 Å². The number of hydrogen-bond acceptors (Lipinski definition) is 2. The van der Waals surface area contributed by atoms with Crippen molar-refractivity contribution in [3.8, 4) is 0 Å². The van der Waals surface area contributed by atoms with Crippen LogP contribution in [-0.2, 0) is 0 Å². The molecule has 1 atom stereocenters. The second-order valence-electron chi connectivity index (χ2n) is 4.34. The van der Waals surface area contributed by atoms with E-state index in [1.54, 1.807) is 0 Å². The van der Waals surface area contributed by atoms with Crippen molar-refractivity contribution in [2.24, 2.45) is 5.92 Å². The summed E-state index contributed by atoms with van der Waals surface area (Å²) < 4.78 is 0. The van der Waals surface area contributed by atoms with Gasteiger partial charge in [-0.15, -0.1) is 0 Å². The van der Waals surface area contributed by atoms with E-state index < -0.39 is 0 Å². The highest BCUT2D eigenvalue weighted by molar-refractivity contribution is 4.84. The van der Waals surface area contributed by atoms with Gasteiger partial charge in [0.2, 0.25) is 0 Å². The molecule has 1 aliphatic carbocycles. The third kappa shape index (κ3) is 4.10. The van der Waals surface area contributed by atoms with Crippen LogP contribution in [0.15, 0.2) is 0 Å². The van der Waals surface area contributed by atoms with Gasteiger partial charge in [-0.05, 0) is 25.2 Å². The van der Waals surface area contributed by atoms with Gasteiger partial charge in [-0.2, -0.15) is 0 Å². The van der Waals surface area contributed by atoms with Gasteiger partial charge in [0.25, 0.3) is 0 Å². The Hall–Kier alpha value is -0.0800. The molecule has 2 heteroatoms. The Balaban J connectivity index is 2.20. The van der Waals surface area contributed by atoms with Crippen molar-refractivity contribution in [3.63, 3.8) is 0 Å². The zero-order chi connectivity index (χ0) is 9.68. The Bertz CT molecular complexity index is 134. The molecule has 0 spiro atoms. The average molecular weight is 185 g/mol. The molecule has 0 heterocycles. The normalized spacial score (nSPS) is 19.4. The Morgan fingerprint density at radius 1 is 1.46 bits per heavy atom. The van der Waals surface area contributed by atoms with Gasteiger partial charge in [0.1, 0.15) is 0 Å². The molecule has 2 nitrogen and oxygen atoms in total. The molecule has 1 rings (SSSR count). The molecule has 0 aliphatic heterocycles. The smallest absolute Gasteiger partial charge is 0.0558 e. The van der Waals surface area contributed by atoms with Crippen LogP contribution in [0.4, 0.5) is 0 Å². The molecule has 0 aromatic rings. The van der Waals surface area contributed by atoms with Gasteiger partial charge in [-0.1, -0.05) is 20.3 Å². The van der Waals surface area contributed by atoms with Gasteiger partial charge in [0, 0.05) is 19.1 Å². The number of nitrogens with zero attached hydrogens (tertiary/aromatic N) is 1. The minimum absolute atomic E-state index is 0.315. The van der Waals surface area contributed by atoms with Gasteiger partial charge in [-0.3, -0.25) is 4.90 Å². The summed E-state index contributed by atoms with van der Waals surface area (Å²) in [7, 11) is 0. The van der Waals surface area contributed by atoms with Gasteiger partial charge < -0.3 is 5.11 Å². The fourth-order valence-corrected chi connectivity index (χ4v) is 1.98. The van der Waals surface area contributed by atoms with E-state index in [2.05, 4.69) is 18.7 Å². The minimum Gasteiger partial charge on any atom is -0.395 e. The van der Waals surface area contributed by atoms with Crippen LogP contribution < -0.4 is 0 Å². The van der Waals surface area contributed by atoms with Crippen molar-refractivity contribution in [1.82, 2.24) is 4.90 Å². The van der Waals surface area contributed by atoms with Crippen LogP contribution in [0.1, 0.15) is 39.5 Å². The van der Waals surface area contributed by atoms with Crippen LogP contribution in [0.5, 0.6) is 0 Å². The first-order chi connectivity index (χ1) is 6.27. The number of hydrogen-bond donors (Lipinski definition) is 1. The lowest BCUT2D eigenvalue weighted by molar-refractivity contribution is 0.169. The Kier molecular flexibility index (Phi) is 4.74. The second kappa shape index (κ2) is 5.61. The Morgan fingerprint density at radius 2 is 2.15 bits per heavy atom. The number of rotatable bonds is 7. The molecule has 78 valence electrons. The van der Waals surface area contributed by atoms with E-state index in [4.69, 9.17) is 5.11 Å². The quantitative estimate of drug-likeness (QED) is 0.654. The molecule has 0 bridgehead atoms. The molecule has 0 amide bonds. The van der Waals surface area contributed by atoms with Gasteiger partial charge in [-0.25, -0.2) is 0 Å². The highest BCUT2D eigenvalue weighted by atomic mass is 16.3. The predicted octanol–water partition coefficient (Wildman–Crippen LogP) is 1.88. The fourth-order valence-electron chi connectivity index (χ4n) is 1.98. The summed E-state index contributed by atoms with van der Waals surface area (Å²) in [4.78, 5) is 2.46. The Labute approximate surface area is 81.9 Å². The van der Waals surface area contributed by atoms with E-state index in [9.17, 15) is 0 Å². The standard InChI is InChI=1S/C11H23NO/c1-3-4-10(2)9-12(7-8-13)11-5-6-11/h10-11,13H,3-9H2,1-2H3. The van der Waals surface area contributed by atoms with Crippen LogP contribution >= 0.6 is 0 Å². The molecule has 0 radical (unpaired) electrons. The summed E-state index contributed by atoms with van der Waals surface area (Å²) >= 11 is 0. The molecule has 13 heavy (non-hydrogen) atoms. The van der Waals surface area contributed by atoms with Crippen LogP contribution in [0, 0.1) is 5.92 Å². The first-order valence-electron chi connectivity index (χ1n) is 5.62. The first-order valence-corrected chi connectivity index (χ1v) is 5.62. The molecule has 0 aromatic heterocycles. The minimum atomic E-state index is 0.315. The average Bonchev–Trinajstić information content (AvgIpc) is 2.86.